The zero-order chi connectivity index (χ0) is 35.5. The third-order valence-corrected chi connectivity index (χ3v) is 13.0. The Bertz CT molecular complexity index is 2280. The molecule has 0 saturated heterocycles. The minimum Gasteiger partial charge on any atom is -0.333 e. The highest BCUT2D eigenvalue weighted by atomic mass is 15.2. The van der Waals surface area contributed by atoms with Gasteiger partial charge in [-0.1, -0.05) is 146 Å². The van der Waals surface area contributed by atoms with Crippen molar-refractivity contribution < 1.29 is 0 Å². The van der Waals surface area contributed by atoms with Crippen molar-refractivity contribution in [2.24, 2.45) is 11.3 Å². The Morgan fingerprint density at radius 1 is 0.755 bits per heavy atom. The number of fused-ring (bicyclic) bond motifs is 5. The Hall–Kier alpha value is -5.34. The van der Waals surface area contributed by atoms with Crippen LogP contribution in [0.4, 0.5) is 17.1 Å². The van der Waals surface area contributed by atoms with E-state index in [1.165, 1.54) is 63.6 Å². The van der Waals surface area contributed by atoms with Crippen LogP contribution in [-0.4, -0.2) is 6.04 Å². The van der Waals surface area contributed by atoms with E-state index < -0.39 is 0 Å². The summed E-state index contributed by atoms with van der Waals surface area (Å²) in [6, 6.07) is 38.6. The maximum Gasteiger partial charge on any atom is 0.0629 e. The quantitative estimate of drug-likeness (QED) is 0.199. The summed E-state index contributed by atoms with van der Waals surface area (Å²) < 4.78 is 0. The van der Waals surface area contributed by atoms with Crippen LogP contribution in [-0.2, 0) is 0 Å². The van der Waals surface area contributed by atoms with Gasteiger partial charge in [-0.25, -0.2) is 0 Å². The van der Waals surface area contributed by atoms with Crippen LogP contribution in [0.2, 0.25) is 0 Å². The van der Waals surface area contributed by atoms with Crippen molar-refractivity contribution in [3.8, 4) is 11.1 Å². The van der Waals surface area contributed by atoms with E-state index in [1.54, 1.807) is 16.7 Å². The first-order valence-electron chi connectivity index (χ1n) is 19.8. The Labute approximate surface area is 315 Å². The Morgan fingerprint density at radius 3 is 2.32 bits per heavy atom. The lowest BCUT2D eigenvalue weighted by Gasteiger charge is -2.36. The van der Waals surface area contributed by atoms with Crippen LogP contribution >= 0.6 is 0 Å². The normalized spacial score (nSPS) is 24.9. The minimum absolute atomic E-state index is 0.121. The van der Waals surface area contributed by atoms with E-state index in [2.05, 4.69) is 181 Å². The van der Waals surface area contributed by atoms with Gasteiger partial charge in [-0.05, 0) is 109 Å². The summed E-state index contributed by atoms with van der Waals surface area (Å²) in [5.74, 6) is 1.40. The topological polar surface area (TPSA) is 6.48 Å². The molecule has 6 aliphatic rings. The molecule has 10 rings (SSSR count). The molecule has 53 heavy (non-hydrogen) atoms. The highest BCUT2D eigenvalue weighted by Crippen LogP contribution is 2.57. The van der Waals surface area contributed by atoms with Gasteiger partial charge in [0.15, 0.2) is 0 Å². The fourth-order valence-electron chi connectivity index (χ4n) is 10.4. The second kappa shape index (κ2) is 13.0. The summed E-state index contributed by atoms with van der Waals surface area (Å²) in [5, 5.41) is 0. The maximum atomic E-state index is 2.58. The van der Waals surface area contributed by atoms with Crippen LogP contribution in [0.25, 0.3) is 11.1 Å². The molecule has 0 fully saturated rings. The van der Waals surface area contributed by atoms with Crippen LogP contribution in [0.15, 0.2) is 186 Å². The number of allylic oxidation sites excluding steroid dienone is 11. The van der Waals surface area contributed by atoms with Gasteiger partial charge < -0.3 is 9.80 Å². The summed E-state index contributed by atoms with van der Waals surface area (Å²) in [6.45, 7) is 4.93. The Kier molecular flexibility index (Phi) is 7.90. The summed E-state index contributed by atoms with van der Waals surface area (Å²) >= 11 is 0. The van der Waals surface area contributed by atoms with E-state index in [4.69, 9.17) is 0 Å². The molecule has 5 aliphatic carbocycles. The minimum atomic E-state index is 0.121. The molecule has 4 unspecified atom stereocenters. The largest absolute Gasteiger partial charge is 0.333 e. The van der Waals surface area contributed by atoms with Gasteiger partial charge in [-0.3, -0.25) is 0 Å². The fourth-order valence-corrected chi connectivity index (χ4v) is 10.4. The monoisotopic (exact) mass is 688 g/mol. The molecule has 1 aliphatic heterocycles. The zero-order valence-corrected chi connectivity index (χ0v) is 31.0. The van der Waals surface area contributed by atoms with Crippen molar-refractivity contribution in [3.05, 3.63) is 197 Å². The van der Waals surface area contributed by atoms with E-state index in [0.29, 0.717) is 23.8 Å². The van der Waals surface area contributed by atoms with Crippen LogP contribution < -0.4 is 9.80 Å². The predicted molar refractivity (Wildman–Crippen MR) is 222 cm³/mol. The van der Waals surface area contributed by atoms with Crippen molar-refractivity contribution in [1.82, 2.24) is 0 Å². The van der Waals surface area contributed by atoms with Crippen LogP contribution in [0, 0.1) is 11.3 Å². The van der Waals surface area contributed by atoms with Gasteiger partial charge in [0.1, 0.15) is 0 Å². The first-order chi connectivity index (χ1) is 26.0. The molecule has 0 saturated carbocycles. The number of para-hydroxylation sites is 1. The smallest absolute Gasteiger partial charge is 0.0629 e. The molecule has 262 valence electrons. The molecule has 0 radical (unpaired) electrons. The van der Waals surface area contributed by atoms with Gasteiger partial charge in [0, 0.05) is 45.7 Å². The molecule has 2 heteroatoms. The second-order valence-electron chi connectivity index (χ2n) is 16.2. The van der Waals surface area contributed by atoms with Gasteiger partial charge in [0.2, 0.25) is 0 Å². The summed E-state index contributed by atoms with van der Waals surface area (Å²) in [4.78, 5) is 5.13. The average Bonchev–Trinajstić information content (AvgIpc) is 3.67. The molecule has 0 N–H and O–H groups in total. The van der Waals surface area contributed by atoms with Gasteiger partial charge in [0.05, 0.1) is 6.04 Å². The summed E-state index contributed by atoms with van der Waals surface area (Å²) in [5.41, 5.74) is 17.1. The van der Waals surface area contributed by atoms with Crippen LogP contribution in [0.1, 0.15) is 75.3 Å². The number of hydrogen-bond acceptors (Lipinski definition) is 2. The Morgan fingerprint density at radius 2 is 1.53 bits per heavy atom. The van der Waals surface area contributed by atoms with Gasteiger partial charge in [-0.2, -0.15) is 0 Å². The molecule has 2 nitrogen and oxygen atoms in total. The third kappa shape index (κ3) is 5.45. The molecule has 4 atom stereocenters. The van der Waals surface area contributed by atoms with Crippen molar-refractivity contribution in [2.45, 2.75) is 70.3 Å². The lowest BCUT2D eigenvalue weighted by Crippen LogP contribution is -2.28. The van der Waals surface area contributed by atoms with E-state index in [0.717, 1.165) is 25.7 Å². The number of anilines is 3. The highest BCUT2D eigenvalue weighted by molar-refractivity contribution is 5.77. The zero-order valence-electron chi connectivity index (χ0n) is 31.0. The fraction of sp³-hybridized carbons (Fsp3) is 0.255. The number of benzene rings is 4. The average molecular weight is 689 g/mol. The molecule has 0 aromatic heterocycles. The SMILES string of the molecule is CC1(C)C2=CC(N(C3=CCC(c4ccc5c(c4)C4C=CC=CC4N5c4ccc(-c5ccccc5)cc4)CC3)c3ccccc3)=CCC2C2=C1CCC=C2. The molecular formula is C51H48N2. The highest BCUT2D eigenvalue weighted by Gasteiger charge is 2.44. The molecule has 4 aromatic rings. The predicted octanol–water partition coefficient (Wildman–Crippen LogP) is 13.3. The van der Waals surface area contributed by atoms with E-state index in [1.807, 2.05) is 0 Å². The maximum absolute atomic E-state index is 2.58. The number of hydrogen-bond donors (Lipinski definition) is 0. The number of nitrogens with zero attached hydrogens (tertiary/aromatic N) is 2. The van der Waals surface area contributed by atoms with Crippen LogP contribution in [0.3, 0.4) is 0 Å². The molecule has 0 amide bonds. The van der Waals surface area contributed by atoms with Crippen LogP contribution in [0.5, 0.6) is 0 Å². The second-order valence-corrected chi connectivity index (χ2v) is 16.2. The molecule has 0 spiro atoms. The molecule has 1 heterocycles. The first-order valence-corrected chi connectivity index (χ1v) is 19.8. The van der Waals surface area contributed by atoms with E-state index in [9.17, 15) is 0 Å². The number of rotatable bonds is 6. The van der Waals surface area contributed by atoms with Crippen molar-refractivity contribution in [2.75, 3.05) is 9.80 Å². The standard InChI is InChI=1S/C51H48N2/c1-51(2)47-19-11-9-17-43(47)44-31-30-42(34-48(44)51)52(39-15-7-4-8-16-39)40-26-23-37(24-27-40)38-25-32-50-46(33-38)45-18-10-12-20-49(45)53(50)41-28-21-36(22-29-41)35-13-5-3-6-14-35/h3-10,12-18,20-22,25-26,28-30,32-34,37,44-45,49H,11,19,23-24,27,31H2,1-2H3. The first kappa shape index (κ1) is 32.3. The lowest BCUT2D eigenvalue weighted by atomic mass is 9.76. The summed E-state index contributed by atoms with van der Waals surface area (Å²) in [6.07, 6.45) is 28.4. The molecule has 0 bridgehead atoms. The summed E-state index contributed by atoms with van der Waals surface area (Å²) in [7, 11) is 0. The lowest BCUT2D eigenvalue weighted by molar-refractivity contribution is 0.503. The van der Waals surface area contributed by atoms with Gasteiger partial charge in [-0.15, -0.1) is 0 Å². The van der Waals surface area contributed by atoms with E-state index in [-0.39, 0.29) is 5.41 Å². The van der Waals surface area contributed by atoms with Gasteiger partial charge in [0.25, 0.3) is 0 Å². The van der Waals surface area contributed by atoms with Crippen molar-refractivity contribution in [1.29, 1.82) is 0 Å². The van der Waals surface area contributed by atoms with Gasteiger partial charge >= 0.3 is 0 Å². The molecular weight excluding hydrogens is 641 g/mol. The third-order valence-electron chi connectivity index (χ3n) is 13.0. The van der Waals surface area contributed by atoms with Crippen molar-refractivity contribution >= 4 is 17.1 Å². The molecule has 4 aromatic carbocycles. The van der Waals surface area contributed by atoms with Crippen molar-refractivity contribution in [3.63, 3.8) is 0 Å². The van der Waals surface area contributed by atoms with E-state index >= 15 is 0 Å². The Balaban J connectivity index is 0.932.